The lowest BCUT2D eigenvalue weighted by atomic mass is 9.56. The fourth-order valence-corrected chi connectivity index (χ4v) is 8.27. The zero-order chi connectivity index (χ0) is 28.3. The van der Waals surface area contributed by atoms with Crippen molar-refractivity contribution in [2.75, 3.05) is 12.0 Å². The Hall–Kier alpha value is -2.43. The lowest BCUT2D eigenvalue weighted by Crippen LogP contribution is -2.60. The highest BCUT2D eigenvalue weighted by molar-refractivity contribution is 9.09. The van der Waals surface area contributed by atoms with E-state index in [4.69, 9.17) is 28.3 Å². The van der Waals surface area contributed by atoms with Crippen LogP contribution >= 0.6 is 39.1 Å². The number of phenolic OH excluding ortho intramolecular Hbond substituents is 1. The molecule has 1 aromatic carbocycles. The van der Waals surface area contributed by atoms with Crippen molar-refractivity contribution >= 4 is 68.7 Å². The van der Waals surface area contributed by atoms with Crippen LogP contribution in [0.15, 0.2) is 35.9 Å². The number of hydrogen-bond donors (Lipinski definition) is 2. The number of rotatable bonds is 8. The Bertz CT molecular complexity index is 1300. The molecule has 2 saturated heterocycles. The van der Waals surface area contributed by atoms with E-state index in [0.717, 1.165) is 4.90 Å². The van der Waals surface area contributed by atoms with Gasteiger partial charge >= 0.3 is 5.97 Å². The summed E-state index contributed by atoms with van der Waals surface area (Å²) in [4.78, 5) is 63.5. The zero-order valence-electron chi connectivity index (χ0n) is 20.8. The molecule has 0 radical (unpaired) electrons. The van der Waals surface area contributed by atoms with Crippen LogP contribution in [0.4, 0.5) is 0 Å². The first kappa shape index (κ1) is 28.1. The predicted octanol–water partition coefficient (Wildman–Crippen LogP) is 3.75. The van der Waals surface area contributed by atoms with E-state index < -0.39 is 51.2 Å². The maximum atomic E-state index is 13.7. The Morgan fingerprint density at radius 1 is 1.03 bits per heavy atom. The number of fused-ring (bicyclic) bond motifs is 4. The highest BCUT2D eigenvalue weighted by Gasteiger charge is 2.76. The molecule has 9 nitrogen and oxygen atoms in total. The van der Waals surface area contributed by atoms with Gasteiger partial charge in [-0.05, 0) is 49.3 Å². The van der Waals surface area contributed by atoms with Crippen LogP contribution in [0.2, 0.25) is 0 Å². The summed E-state index contributed by atoms with van der Waals surface area (Å²) in [6.45, 7) is 0.183. The van der Waals surface area contributed by atoms with Crippen molar-refractivity contribution in [3.05, 3.63) is 41.5 Å². The lowest BCUT2D eigenvalue weighted by molar-refractivity contribution is -0.141. The van der Waals surface area contributed by atoms with Crippen LogP contribution in [0.1, 0.15) is 50.0 Å². The molecule has 1 saturated carbocycles. The summed E-state index contributed by atoms with van der Waals surface area (Å²) in [7, 11) is 0. The fraction of sp³-hybridized carbons (Fsp3) is 0.519. The monoisotopic (exact) mass is 640 g/mol. The summed E-state index contributed by atoms with van der Waals surface area (Å²) < 4.78 is 0. The van der Waals surface area contributed by atoms with Gasteiger partial charge in [0, 0.05) is 18.9 Å². The number of aromatic hydroxyl groups is 1. The molecule has 6 atom stereocenters. The van der Waals surface area contributed by atoms with E-state index >= 15 is 0 Å². The minimum Gasteiger partial charge on any atom is -0.508 e. The summed E-state index contributed by atoms with van der Waals surface area (Å²) in [5.74, 6) is -5.87. The van der Waals surface area contributed by atoms with Crippen LogP contribution in [-0.2, 0) is 24.0 Å². The van der Waals surface area contributed by atoms with E-state index in [1.807, 2.05) is 6.08 Å². The number of allylic oxidation sites excluding steroid dienone is 2. The number of unbranched alkanes of at least 4 members (excludes halogenated alkanes) is 2. The molecule has 0 bridgehead atoms. The third-order valence-electron chi connectivity index (χ3n) is 8.58. The third-order valence-corrected chi connectivity index (χ3v) is 10.5. The largest absolute Gasteiger partial charge is 0.508 e. The fourth-order valence-electron chi connectivity index (χ4n) is 6.84. The molecule has 0 spiro atoms. The number of carboxylic acid groups (broad SMARTS) is 1. The second-order valence-electron chi connectivity index (χ2n) is 10.6. The van der Waals surface area contributed by atoms with Crippen molar-refractivity contribution in [1.29, 1.82) is 0 Å². The van der Waals surface area contributed by atoms with Gasteiger partial charge in [0.2, 0.25) is 11.8 Å². The van der Waals surface area contributed by atoms with Crippen molar-refractivity contribution in [2.45, 2.75) is 54.2 Å². The maximum absolute atomic E-state index is 13.7. The number of carbonyl (C=O) groups is 5. The van der Waals surface area contributed by atoms with E-state index in [1.165, 1.54) is 17.0 Å². The van der Waals surface area contributed by atoms with Crippen molar-refractivity contribution in [3.63, 3.8) is 0 Å². The standard InChI is InChI=1S/C27H27BrCl2N2O7/c28-13-32-24(38)26(29)12-18-16(21(27(26,30)25(32)39)14-5-4-6-15(33)11-14)8-9-17-20(18)23(37)31(22(17)36)10-3-1-2-7-19(34)35/h4-6,8,11,17-18,20-21,33H,1-3,7,9-10,12-13H2,(H,34,35)/t17-,18+,20-,21-,26+,27-/m0/s1. The number of nitrogens with zero attached hydrogens (tertiary/aromatic N) is 2. The van der Waals surface area contributed by atoms with Gasteiger partial charge in [0.15, 0.2) is 9.75 Å². The van der Waals surface area contributed by atoms with Crippen LogP contribution in [-0.4, -0.2) is 71.4 Å². The number of aliphatic carboxylic acids is 1. The Kier molecular flexibility index (Phi) is 7.35. The molecule has 12 heteroatoms. The number of amides is 4. The molecule has 39 heavy (non-hydrogen) atoms. The third kappa shape index (κ3) is 4.13. The van der Waals surface area contributed by atoms with Gasteiger partial charge in [-0.25, -0.2) is 0 Å². The Morgan fingerprint density at radius 2 is 1.77 bits per heavy atom. The van der Waals surface area contributed by atoms with Gasteiger partial charge in [0.25, 0.3) is 11.8 Å². The highest BCUT2D eigenvalue weighted by Crippen LogP contribution is 2.65. The summed E-state index contributed by atoms with van der Waals surface area (Å²) in [6.07, 6.45) is 3.53. The Balaban J connectivity index is 1.53. The number of carbonyl (C=O) groups excluding carboxylic acids is 4. The second-order valence-corrected chi connectivity index (χ2v) is 12.4. The van der Waals surface area contributed by atoms with Gasteiger partial charge in [-0.1, -0.05) is 46.1 Å². The Labute approximate surface area is 243 Å². The van der Waals surface area contributed by atoms with Crippen LogP contribution in [0, 0.1) is 17.8 Å². The lowest BCUT2D eigenvalue weighted by Gasteiger charge is -2.50. The molecule has 4 aliphatic rings. The molecule has 1 aromatic rings. The van der Waals surface area contributed by atoms with Crippen molar-refractivity contribution in [1.82, 2.24) is 9.80 Å². The summed E-state index contributed by atoms with van der Waals surface area (Å²) >= 11 is 17.4. The molecular formula is C27H27BrCl2N2O7. The van der Waals surface area contributed by atoms with Crippen LogP contribution in [0.3, 0.4) is 0 Å². The number of hydrogen-bond acceptors (Lipinski definition) is 6. The van der Waals surface area contributed by atoms with E-state index in [2.05, 4.69) is 15.9 Å². The zero-order valence-corrected chi connectivity index (χ0v) is 23.9. The average Bonchev–Trinajstić information content (AvgIpc) is 3.21. The molecule has 0 aromatic heterocycles. The van der Waals surface area contributed by atoms with Gasteiger partial charge < -0.3 is 10.2 Å². The topological polar surface area (TPSA) is 132 Å². The average molecular weight is 642 g/mol. The van der Waals surface area contributed by atoms with E-state index in [1.54, 1.807) is 12.1 Å². The van der Waals surface area contributed by atoms with Gasteiger partial charge in [-0.15, -0.1) is 23.2 Å². The number of likely N-dealkylation sites (tertiary alicyclic amines) is 2. The highest BCUT2D eigenvalue weighted by atomic mass is 79.9. The summed E-state index contributed by atoms with van der Waals surface area (Å²) in [5.41, 5.74) is 1.03. The molecule has 2 aliphatic heterocycles. The smallest absolute Gasteiger partial charge is 0.303 e. The molecule has 2 heterocycles. The number of benzene rings is 1. The Morgan fingerprint density at radius 3 is 2.44 bits per heavy atom. The van der Waals surface area contributed by atoms with Crippen molar-refractivity contribution in [3.8, 4) is 5.75 Å². The van der Waals surface area contributed by atoms with Crippen molar-refractivity contribution in [2.24, 2.45) is 17.8 Å². The normalized spacial score (nSPS) is 33.7. The first-order valence-electron chi connectivity index (χ1n) is 12.8. The molecule has 5 rings (SSSR count). The van der Waals surface area contributed by atoms with E-state index in [9.17, 15) is 29.1 Å². The van der Waals surface area contributed by atoms with E-state index in [-0.39, 0.29) is 48.8 Å². The second kappa shape index (κ2) is 10.2. The van der Waals surface area contributed by atoms with Crippen molar-refractivity contribution < 1.29 is 34.2 Å². The van der Waals surface area contributed by atoms with Gasteiger partial charge in [0.1, 0.15) is 5.75 Å². The molecule has 208 valence electrons. The first-order valence-corrected chi connectivity index (χ1v) is 14.7. The number of halogens is 3. The van der Waals surface area contributed by atoms with Gasteiger partial charge in [-0.2, -0.15) is 0 Å². The van der Waals surface area contributed by atoms with Gasteiger partial charge in [0.05, 0.1) is 17.3 Å². The minimum absolute atomic E-state index is 0.0229. The maximum Gasteiger partial charge on any atom is 0.303 e. The molecule has 0 unspecified atom stereocenters. The number of phenols is 1. The number of carboxylic acids is 1. The molecular weight excluding hydrogens is 615 g/mol. The summed E-state index contributed by atoms with van der Waals surface area (Å²) in [5, 5.41) is 19.1. The van der Waals surface area contributed by atoms with Crippen LogP contribution in [0.5, 0.6) is 5.75 Å². The predicted molar refractivity (Wildman–Crippen MR) is 144 cm³/mol. The number of alkyl halides is 3. The number of imide groups is 2. The summed E-state index contributed by atoms with van der Waals surface area (Å²) in [6, 6.07) is 6.25. The van der Waals surface area contributed by atoms with Crippen LogP contribution in [0.25, 0.3) is 0 Å². The SMILES string of the molecule is O=C(O)CCCCCN1C(=O)[C@H]2[C@H](CC=C3[C@H]2C[C@@]2(Cl)C(=O)N(CBr)C(=O)[C@@]2(Cl)[C@H]3c2cccc(O)c2)C1=O. The van der Waals surface area contributed by atoms with E-state index in [0.29, 0.717) is 30.4 Å². The molecule has 4 amide bonds. The first-order chi connectivity index (χ1) is 18.5. The van der Waals surface area contributed by atoms with Crippen LogP contribution < -0.4 is 0 Å². The molecule has 2 N–H and O–H groups in total. The van der Waals surface area contributed by atoms with Gasteiger partial charge in [-0.3, -0.25) is 33.8 Å². The minimum atomic E-state index is -1.90. The quantitative estimate of drug-likeness (QED) is 0.145. The molecule has 3 fully saturated rings. The molecule has 2 aliphatic carbocycles.